The van der Waals surface area contributed by atoms with Gasteiger partial charge in [-0.05, 0) is 51.4 Å². The number of hydrogen-bond donors (Lipinski definition) is 1. The van der Waals surface area contributed by atoms with E-state index in [0.29, 0.717) is 6.04 Å². The molecule has 18 heavy (non-hydrogen) atoms. The number of ether oxygens (including phenoxy) is 2. The van der Waals surface area contributed by atoms with Crippen LogP contribution in [-0.4, -0.2) is 26.3 Å². The van der Waals surface area contributed by atoms with Crippen molar-refractivity contribution in [2.24, 2.45) is 0 Å². The quantitative estimate of drug-likeness (QED) is 0.808. The van der Waals surface area contributed by atoms with E-state index in [1.54, 1.807) is 7.11 Å². The third-order valence-corrected chi connectivity index (χ3v) is 3.14. The van der Waals surface area contributed by atoms with E-state index in [9.17, 15) is 0 Å². The normalized spacial score (nSPS) is 14.1. The number of nitrogens with one attached hydrogen (secondary N) is 1. The molecule has 1 aromatic rings. The average Bonchev–Trinajstić information content (AvgIpc) is 2.38. The van der Waals surface area contributed by atoms with Crippen LogP contribution < -0.4 is 14.8 Å². The molecular formula is C15H25NO2. The van der Waals surface area contributed by atoms with Gasteiger partial charge in [-0.15, -0.1) is 0 Å². The van der Waals surface area contributed by atoms with Crippen LogP contribution in [0.4, 0.5) is 0 Å². The summed E-state index contributed by atoms with van der Waals surface area (Å²) in [4.78, 5) is 0. The zero-order valence-electron chi connectivity index (χ0n) is 12.1. The summed E-state index contributed by atoms with van der Waals surface area (Å²) in [7, 11) is 3.65. The SMILES string of the molecule is CCc1ccc(OC(C)CC(C)NC)c(OC)c1. The Hall–Kier alpha value is -1.22. The second-order valence-electron chi connectivity index (χ2n) is 4.69. The zero-order chi connectivity index (χ0) is 13.5. The van der Waals surface area contributed by atoms with Crippen molar-refractivity contribution >= 4 is 0 Å². The van der Waals surface area contributed by atoms with Crippen molar-refractivity contribution in [3.05, 3.63) is 23.8 Å². The minimum atomic E-state index is 0.161. The molecule has 0 saturated heterocycles. The van der Waals surface area contributed by atoms with Gasteiger partial charge in [0.25, 0.3) is 0 Å². The fraction of sp³-hybridized carbons (Fsp3) is 0.600. The van der Waals surface area contributed by atoms with Gasteiger partial charge in [0.05, 0.1) is 13.2 Å². The lowest BCUT2D eigenvalue weighted by Crippen LogP contribution is -2.28. The number of methoxy groups -OCH3 is 1. The van der Waals surface area contributed by atoms with Gasteiger partial charge in [-0.2, -0.15) is 0 Å². The highest BCUT2D eigenvalue weighted by Gasteiger charge is 2.12. The van der Waals surface area contributed by atoms with Crippen molar-refractivity contribution in [1.29, 1.82) is 0 Å². The maximum absolute atomic E-state index is 5.94. The highest BCUT2D eigenvalue weighted by atomic mass is 16.5. The Morgan fingerprint density at radius 3 is 2.50 bits per heavy atom. The third kappa shape index (κ3) is 4.22. The molecule has 0 aliphatic rings. The molecule has 0 aliphatic heterocycles. The largest absolute Gasteiger partial charge is 0.493 e. The van der Waals surface area contributed by atoms with Crippen LogP contribution >= 0.6 is 0 Å². The Bertz CT molecular complexity index is 366. The van der Waals surface area contributed by atoms with Gasteiger partial charge >= 0.3 is 0 Å². The molecule has 0 aliphatic carbocycles. The van der Waals surface area contributed by atoms with Gasteiger partial charge in [0, 0.05) is 6.04 Å². The molecule has 102 valence electrons. The molecule has 0 heterocycles. The molecular weight excluding hydrogens is 226 g/mol. The fourth-order valence-electron chi connectivity index (χ4n) is 1.91. The predicted octanol–water partition coefficient (Wildman–Crippen LogP) is 3.02. The molecule has 2 atom stereocenters. The molecule has 1 aromatic carbocycles. The van der Waals surface area contributed by atoms with E-state index < -0.39 is 0 Å². The van der Waals surface area contributed by atoms with Gasteiger partial charge in [0.2, 0.25) is 0 Å². The second-order valence-corrected chi connectivity index (χ2v) is 4.69. The standard InChI is InChI=1S/C15H25NO2/c1-6-13-7-8-14(15(10-13)17-5)18-12(3)9-11(2)16-4/h7-8,10-12,16H,6,9H2,1-5H3. The maximum atomic E-state index is 5.94. The van der Waals surface area contributed by atoms with Crippen LogP contribution in [0.25, 0.3) is 0 Å². The molecule has 0 spiro atoms. The molecule has 0 bridgehead atoms. The first kappa shape index (κ1) is 14.8. The lowest BCUT2D eigenvalue weighted by atomic mass is 10.1. The zero-order valence-corrected chi connectivity index (χ0v) is 12.1. The Kier molecular flexibility index (Phi) is 5.99. The minimum Gasteiger partial charge on any atom is -0.493 e. The van der Waals surface area contributed by atoms with Crippen LogP contribution in [0.15, 0.2) is 18.2 Å². The molecule has 2 unspecified atom stereocenters. The molecule has 0 radical (unpaired) electrons. The summed E-state index contributed by atoms with van der Waals surface area (Å²) in [5.41, 5.74) is 1.26. The van der Waals surface area contributed by atoms with Crippen molar-refractivity contribution in [2.75, 3.05) is 14.2 Å². The van der Waals surface area contributed by atoms with Crippen LogP contribution in [0, 0.1) is 0 Å². The van der Waals surface area contributed by atoms with Gasteiger partial charge in [-0.25, -0.2) is 0 Å². The second kappa shape index (κ2) is 7.27. The van der Waals surface area contributed by atoms with Crippen LogP contribution in [0.1, 0.15) is 32.8 Å². The van der Waals surface area contributed by atoms with E-state index in [1.165, 1.54) is 5.56 Å². The summed E-state index contributed by atoms with van der Waals surface area (Å²) in [6.07, 6.45) is 2.13. The van der Waals surface area contributed by atoms with Gasteiger partial charge < -0.3 is 14.8 Å². The van der Waals surface area contributed by atoms with Crippen molar-refractivity contribution < 1.29 is 9.47 Å². The van der Waals surface area contributed by atoms with Gasteiger partial charge in [-0.1, -0.05) is 13.0 Å². The third-order valence-electron chi connectivity index (χ3n) is 3.14. The highest BCUT2D eigenvalue weighted by molar-refractivity contribution is 5.43. The Morgan fingerprint density at radius 2 is 1.94 bits per heavy atom. The first-order chi connectivity index (χ1) is 8.60. The number of benzene rings is 1. The highest BCUT2D eigenvalue weighted by Crippen LogP contribution is 2.29. The summed E-state index contributed by atoms with van der Waals surface area (Å²) < 4.78 is 11.3. The minimum absolute atomic E-state index is 0.161. The van der Waals surface area contributed by atoms with Crippen molar-refractivity contribution in [3.63, 3.8) is 0 Å². The van der Waals surface area contributed by atoms with Crippen LogP contribution in [0.3, 0.4) is 0 Å². The maximum Gasteiger partial charge on any atom is 0.161 e. The molecule has 0 amide bonds. The van der Waals surface area contributed by atoms with E-state index in [1.807, 2.05) is 19.2 Å². The van der Waals surface area contributed by atoms with Gasteiger partial charge in [0.1, 0.15) is 0 Å². The van der Waals surface area contributed by atoms with Crippen LogP contribution in [0.5, 0.6) is 11.5 Å². The summed E-state index contributed by atoms with van der Waals surface area (Å²) >= 11 is 0. The molecule has 0 fully saturated rings. The first-order valence-corrected chi connectivity index (χ1v) is 6.61. The Balaban J connectivity index is 2.71. The number of aryl methyl sites for hydroxylation is 1. The molecule has 1 N–H and O–H groups in total. The summed E-state index contributed by atoms with van der Waals surface area (Å²) in [5.74, 6) is 1.64. The molecule has 0 aromatic heterocycles. The van der Waals surface area contributed by atoms with Crippen molar-refractivity contribution in [1.82, 2.24) is 5.32 Å². The summed E-state index contributed by atoms with van der Waals surface area (Å²) in [5, 5.41) is 3.22. The molecule has 1 rings (SSSR count). The van der Waals surface area contributed by atoms with Gasteiger partial charge in [-0.3, -0.25) is 0 Å². The number of hydrogen-bond acceptors (Lipinski definition) is 3. The monoisotopic (exact) mass is 251 g/mol. The van der Waals surface area contributed by atoms with E-state index in [4.69, 9.17) is 9.47 Å². The van der Waals surface area contributed by atoms with Crippen LogP contribution in [0.2, 0.25) is 0 Å². The van der Waals surface area contributed by atoms with E-state index in [2.05, 4.69) is 32.2 Å². The molecule has 0 saturated carbocycles. The van der Waals surface area contributed by atoms with Crippen LogP contribution in [-0.2, 0) is 6.42 Å². The van der Waals surface area contributed by atoms with E-state index >= 15 is 0 Å². The lowest BCUT2D eigenvalue weighted by molar-refractivity contribution is 0.190. The number of rotatable bonds is 7. The molecule has 3 nitrogen and oxygen atoms in total. The van der Waals surface area contributed by atoms with E-state index in [0.717, 1.165) is 24.3 Å². The first-order valence-electron chi connectivity index (χ1n) is 6.61. The van der Waals surface area contributed by atoms with Gasteiger partial charge in [0.15, 0.2) is 11.5 Å². The lowest BCUT2D eigenvalue weighted by Gasteiger charge is -2.20. The van der Waals surface area contributed by atoms with Crippen molar-refractivity contribution in [2.45, 2.75) is 45.8 Å². The predicted molar refractivity (Wildman–Crippen MR) is 75.6 cm³/mol. The average molecular weight is 251 g/mol. The van der Waals surface area contributed by atoms with E-state index in [-0.39, 0.29) is 6.10 Å². The Morgan fingerprint density at radius 1 is 1.22 bits per heavy atom. The topological polar surface area (TPSA) is 30.5 Å². The fourth-order valence-corrected chi connectivity index (χ4v) is 1.91. The van der Waals surface area contributed by atoms with Crippen molar-refractivity contribution in [3.8, 4) is 11.5 Å². The molecule has 3 heteroatoms. The Labute approximate surface area is 110 Å². The smallest absolute Gasteiger partial charge is 0.161 e. The summed E-state index contributed by atoms with van der Waals surface area (Å²) in [6.45, 7) is 6.37. The summed E-state index contributed by atoms with van der Waals surface area (Å²) in [6, 6.07) is 6.58.